The Morgan fingerprint density at radius 3 is 2.40 bits per heavy atom. The van der Waals surface area contributed by atoms with Crippen molar-refractivity contribution in [3.8, 4) is 6.07 Å². The van der Waals surface area contributed by atoms with Crippen LogP contribution in [0.1, 0.15) is 34.3 Å². The molecule has 25 heavy (non-hydrogen) atoms. The van der Waals surface area contributed by atoms with Crippen LogP contribution in [0.2, 0.25) is 0 Å². The molecule has 2 aliphatic rings. The number of nitriles is 1. The van der Waals surface area contributed by atoms with E-state index in [9.17, 15) is 14.4 Å². The van der Waals surface area contributed by atoms with Gasteiger partial charge in [0.2, 0.25) is 0 Å². The lowest BCUT2D eigenvalue weighted by atomic mass is 9.79. The standard InChI is InChI=1S/C21H15FN2O/c1-12-16(11-23)18(15-9-5-6-10-17(15)22)19-20(24(12)2)13-7-3-4-8-14(13)21(19)25/h3-10,18H,1-2H3/t18-/m0/s1. The van der Waals surface area contributed by atoms with Gasteiger partial charge in [-0.2, -0.15) is 5.26 Å². The molecule has 0 aromatic heterocycles. The molecule has 0 saturated heterocycles. The van der Waals surface area contributed by atoms with Gasteiger partial charge in [-0.25, -0.2) is 4.39 Å². The first-order valence-corrected chi connectivity index (χ1v) is 8.03. The molecule has 122 valence electrons. The molecule has 1 heterocycles. The molecule has 3 nitrogen and oxygen atoms in total. The number of Topliss-reactive ketones (excluding diaryl/α,β-unsaturated/α-hetero) is 1. The Morgan fingerprint density at radius 2 is 1.72 bits per heavy atom. The number of fused-ring (bicyclic) bond motifs is 2. The summed E-state index contributed by atoms with van der Waals surface area (Å²) in [6, 6.07) is 15.9. The third-order valence-corrected chi connectivity index (χ3v) is 5.07. The van der Waals surface area contributed by atoms with Gasteiger partial charge in [-0.05, 0) is 13.0 Å². The fourth-order valence-corrected chi connectivity index (χ4v) is 3.78. The molecule has 0 N–H and O–H groups in total. The number of hydrogen-bond donors (Lipinski definition) is 0. The Balaban J connectivity index is 2.04. The number of rotatable bonds is 1. The first kappa shape index (κ1) is 15.3. The maximum Gasteiger partial charge on any atom is 0.192 e. The van der Waals surface area contributed by atoms with Gasteiger partial charge in [-0.1, -0.05) is 42.5 Å². The van der Waals surface area contributed by atoms with Gasteiger partial charge in [0.1, 0.15) is 5.82 Å². The molecule has 4 rings (SSSR count). The van der Waals surface area contributed by atoms with Crippen LogP contribution in [0.4, 0.5) is 4.39 Å². The van der Waals surface area contributed by atoms with Crippen molar-refractivity contribution in [2.75, 3.05) is 7.05 Å². The number of allylic oxidation sites excluding steroid dienone is 3. The van der Waals surface area contributed by atoms with Crippen LogP contribution in [0.5, 0.6) is 0 Å². The molecule has 4 heteroatoms. The second-order valence-electron chi connectivity index (χ2n) is 6.26. The average molecular weight is 330 g/mol. The molecule has 2 aromatic carbocycles. The van der Waals surface area contributed by atoms with Crippen molar-refractivity contribution in [2.24, 2.45) is 0 Å². The van der Waals surface area contributed by atoms with Gasteiger partial charge in [0.05, 0.1) is 23.3 Å². The molecule has 0 amide bonds. The van der Waals surface area contributed by atoms with Crippen molar-refractivity contribution >= 4 is 11.5 Å². The topological polar surface area (TPSA) is 44.1 Å². The Hall–Kier alpha value is -3.19. The van der Waals surface area contributed by atoms with E-state index in [2.05, 4.69) is 6.07 Å². The first-order valence-electron chi connectivity index (χ1n) is 8.03. The average Bonchev–Trinajstić information content (AvgIpc) is 2.92. The van der Waals surface area contributed by atoms with Crippen molar-refractivity contribution < 1.29 is 9.18 Å². The molecule has 2 aromatic rings. The zero-order chi connectivity index (χ0) is 17.7. The van der Waals surface area contributed by atoms with Gasteiger partial charge < -0.3 is 4.90 Å². The predicted molar refractivity (Wildman–Crippen MR) is 92.9 cm³/mol. The normalized spacial score (nSPS) is 19.0. The molecule has 0 saturated carbocycles. The van der Waals surface area contributed by atoms with Crippen molar-refractivity contribution in [3.63, 3.8) is 0 Å². The number of hydrogen-bond acceptors (Lipinski definition) is 3. The molecule has 0 bridgehead atoms. The quantitative estimate of drug-likeness (QED) is 0.785. The van der Waals surface area contributed by atoms with Crippen LogP contribution in [-0.4, -0.2) is 17.7 Å². The SMILES string of the molecule is CC1=C(C#N)[C@H](c2ccccc2F)C2=C(c3ccccc3C2=O)N1C. The van der Waals surface area contributed by atoms with E-state index < -0.39 is 11.7 Å². The lowest BCUT2D eigenvalue weighted by molar-refractivity contribution is 0.103. The summed E-state index contributed by atoms with van der Waals surface area (Å²) in [5.41, 5.74) is 4.20. The van der Waals surface area contributed by atoms with Crippen LogP contribution in [0, 0.1) is 17.1 Å². The second kappa shape index (κ2) is 5.42. The maximum atomic E-state index is 14.5. The molecule has 0 unspecified atom stereocenters. The Morgan fingerprint density at radius 1 is 1.08 bits per heavy atom. The van der Waals surface area contributed by atoms with E-state index in [-0.39, 0.29) is 5.78 Å². The van der Waals surface area contributed by atoms with E-state index in [0.717, 1.165) is 17.0 Å². The van der Waals surface area contributed by atoms with Crippen molar-refractivity contribution in [1.29, 1.82) is 5.26 Å². The molecular weight excluding hydrogens is 315 g/mol. The van der Waals surface area contributed by atoms with Crippen LogP contribution < -0.4 is 0 Å². The molecule has 1 aliphatic carbocycles. The van der Waals surface area contributed by atoms with Gasteiger partial charge >= 0.3 is 0 Å². The van der Waals surface area contributed by atoms with Crippen molar-refractivity contribution in [1.82, 2.24) is 4.90 Å². The molecule has 0 fully saturated rings. The minimum atomic E-state index is -0.683. The molecule has 0 radical (unpaired) electrons. The van der Waals surface area contributed by atoms with Crippen LogP contribution >= 0.6 is 0 Å². The summed E-state index contributed by atoms with van der Waals surface area (Å²) in [6.07, 6.45) is 0. The number of halogens is 1. The number of ketones is 1. The van der Waals surface area contributed by atoms with Gasteiger partial charge in [-0.15, -0.1) is 0 Å². The predicted octanol–water partition coefficient (Wildman–Crippen LogP) is 4.26. The largest absolute Gasteiger partial charge is 0.347 e. The minimum Gasteiger partial charge on any atom is -0.347 e. The van der Waals surface area contributed by atoms with Crippen LogP contribution in [-0.2, 0) is 0 Å². The highest BCUT2D eigenvalue weighted by atomic mass is 19.1. The fourth-order valence-electron chi connectivity index (χ4n) is 3.78. The van der Waals surface area contributed by atoms with Crippen molar-refractivity contribution in [2.45, 2.75) is 12.8 Å². The third kappa shape index (κ3) is 1.99. The molecule has 0 spiro atoms. The smallest absolute Gasteiger partial charge is 0.192 e. The van der Waals surface area contributed by atoms with E-state index >= 15 is 0 Å². The zero-order valence-corrected chi connectivity index (χ0v) is 13.9. The highest BCUT2D eigenvalue weighted by Crippen LogP contribution is 2.49. The van der Waals surface area contributed by atoms with Gasteiger partial charge in [-0.3, -0.25) is 4.79 Å². The Bertz CT molecular complexity index is 1030. The van der Waals surface area contributed by atoms with Crippen LogP contribution in [0.15, 0.2) is 65.4 Å². The van der Waals surface area contributed by atoms with E-state index in [4.69, 9.17) is 0 Å². The van der Waals surface area contributed by atoms with Crippen molar-refractivity contribution in [3.05, 3.63) is 87.9 Å². The van der Waals surface area contributed by atoms with Crippen LogP contribution in [0.25, 0.3) is 5.70 Å². The summed E-state index contributed by atoms with van der Waals surface area (Å²) in [4.78, 5) is 15.0. The summed E-state index contributed by atoms with van der Waals surface area (Å²) in [6.45, 7) is 1.83. The number of benzene rings is 2. The van der Waals surface area contributed by atoms with Gasteiger partial charge in [0, 0.05) is 35.0 Å². The van der Waals surface area contributed by atoms with E-state index in [1.165, 1.54) is 6.07 Å². The number of nitrogens with zero attached hydrogens (tertiary/aromatic N) is 2. The van der Waals surface area contributed by atoms with E-state index in [1.54, 1.807) is 24.3 Å². The van der Waals surface area contributed by atoms with E-state index in [1.807, 2.05) is 37.1 Å². The molecule has 1 aliphatic heterocycles. The molecular formula is C21H15FN2O. The Labute approximate surface area is 145 Å². The number of carbonyl (C=O) groups is 1. The summed E-state index contributed by atoms with van der Waals surface area (Å²) in [7, 11) is 1.84. The number of carbonyl (C=O) groups excluding carboxylic acids is 1. The van der Waals surface area contributed by atoms with Crippen LogP contribution in [0.3, 0.4) is 0 Å². The summed E-state index contributed by atoms with van der Waals surface area (Å²) in [5, 5.41) is 9.73. The summed E-state index contributed by atoms with van der Waals surface area (Å²) in [5.74, 6) is -1.23. The second-order valence-corrected chi connectivity index (χ2v) is 6.26. The minimum absolute atomic E-state index is 0.133. The highest BCUT2D eigenvalue weighted by Gasteiger charge is 2.43. The Kier molecular flexibility index (Phi) is 3.33. The van der Waals surface area contributed by atoms with Gasteiger partial charge in [0.25, 0.3) is 0 Å². The molecule has 1 atom stereocenters. The lowest BCUT2D eigenvalue weighted by Gasteiger charge is -2.33. The lowest BCUT2D eigenvalue weighted by Crippen LogP contribution is -2.26. The zero-order valence-electron chi connectivity index (χ0n) is 13.9. The summed E-state index contributed by atoms with van der Waals surface area (Å²) >= 11 is 0. The summed E-state index contributed by atoms with van der Waals surface area (Å²) < 4.78 is 14.5. The third-order valence-electron chi connectivity index (χ3n) is 5.07. The maximum absolute atomic E-state index is 14.5. The fraction of sp³-hybridized carbons (Fsp3) is 0.143. The monoisotopic (exact) mass is 330 g/mol. The van der Waals surface area contributed by atoms with Gasteiger partial charge in [0.15, 0.2) is 5.78 Å². The first-order chi connectivity index (χ1) is 12.1. The van der Waals surface area contributed by atoms with E-state index in [0.29, 0.717) is 22.3 Å². The highest BCUT2D eigenvalue weighted by molar-refractivity contribution is 6.22.